The number of hydrogen-bond acceptors (Lipinski definition) is 6. The van der Waals surface area contributed by atoms with Crippen LogP contribution in [0.1, 0.15) is 44.6 Å². The van der Waals surface area contributed by atoms with Gasteiger partial charge in [-0.15, -0.1) is 0 Å². The zero-order chi connectivity index (χ0) is 22.6. The van der Waals surface area contributed by atoms with Crippen molar-refractivity contribution in [3.63, 3.8) is 0 Å². The van der Waals surface area contributed by atoms with E-state index in [0.29, 0.717) is 22.4 Å². The highest BCUT2D eigenvalue weighted by Gasteiger charge is 2.22. The zero-order valence-electron chi connectivity index (χ0n) is 18.2. The Morgan fingerprint density at radius 2 is 2.03 bits per heavy atom. The van der Waals surface area contributed by atoms with Crippen LogP contribution in [0.25, 0.3) is 0 Å². The number of fused-ring (bicyclic) bond motifs is 1. The number of rotatable bonds is 6. The predicted molar refractivity (Wildman–Crippen MR) is 127 cm³/mol. The van der Waals surface area contributed by atoms with Crippen LogP contribution in [0.4, 0.5) is 0 Å². The first-order valence-corrected chi connectivity index (χ1v) is 11.6. The van der Waals surface area contributed by atoms with Crippen molar-refractivity contribution in [3.05, 3.63) is 100 Å². The maximum absolute atomic E-state index is 12.5. The number of thiazole rings is 1. The third-order valence-electron chi connectivity index (χ3n) is 5.48. The van der Waals surface area contributed by atoms with Crippen LogP contribution in [0.2, 0.25) is 0 Å². The van der Waals surface area contributed by atoms with E-state index in [9.17, 15) is 4.79 Å². The molecule has 0 bridgehead atoms. The first-order valence-electron chi connectivity index (χ1n) is 10.8. The smallest absolute Gasteiger partial charge is 0.279 e. The molecule has 1 atom stereocenters. The average Bonchev–Trinajstić information content (AvgIpc) is 3.31. The van der Waals surface area contributed by atoms with Crippen LogP contribution in [-0.2, 0) is 13.0 Å². The number of pyridine rings is 1. The third kappa shape index (κ3) is 5.04. The number of carbonyl (C=O) groups is 1. The molecule has 1 aliphatic heterocycles. The summed E-state index contributed by atoms with van der Waals surface area (Å²) in [6.45, 7) is 2.36. The minimum Gasteiger partial charge on any atom is -0.485 e. The fraction of sp³-hybridized carbons (Fsp3) is 0.192. The lowest BCUT2D eigenvalue weighted by molar-refractivity contribution is 0.0954. The minimum atomic E-state index is -0.178. The number of nitrogens with zero attached hydrogens (tertiary/aromatic N) is 2. The summed E-state index contributed by atoms with van der Waals surface area (Å²) < 4.78 is 12.1. The van der Waals surface area contributed by atoms with Crippen molar-refractivity contribution >= 4 is 17.2 Å². The van der Waals surface area contributed by atoms with Crippen LogP contribution in [0, 0.1) is 6.92 Å². The van der Waals surface area contributed by atoms with Crippen molar-refractivity contribution in [2.45, 2.75) is 32.4 Å². The molecule has 6 nitrogen and oxygen atoms in total. The summed E-state index contributed by atoms with van der Waals surface area (Å²) in [4.78, 5) is 21.4. The van der Waals surface area contributed by atoms with E-state index in [1.165, 1.54) is 16.9 Å². The summed E-state index contributed by atoms with van der Waals surface area (Å²) in [5, 5.41) is 3.34. The number of nitrogens with one attached hydrogen (secondary N) is 1. The molecule has 0 aliphatic carbocycles. The second-order valence-electron chi connectivity index (χ2n) is 7.91. The van der Waals surface area contributed by atoms with Gasteiger partial charge in [-0.05, 0) is 66.8 Å². The van der Waals surface area contributed by atoms with Gasteiger partial charge in [0.1, 0.15) is 22.5 Å². The molecule has 0 saturated heterocycles. The van der Waals surface area contributed by atoms with Gasteiger partial charge in [-0.3, -0.25) is 9.78 Å². The van der Waals surface area contributed by atoms with Crippen molar-refractivity contribution in [3.8, 4) is 16.7 Å². The molecule has 0 unspecified atom stereocenters. The number of hydrogen-bond donors (Lipinski definition) is 1. The van der Waals surface area contributed by atoms with Crippen molar-refractivity contribution in [2.24, 2.45) is 0 Å². The highest BCUT2D eigenvalue weighted by molar-refractivity contribution is 7.15. The Balaban J connectivity index is 1.21. The van der Waals surface area contributed by atoms with E-state index in [-0.39, 0.29) is 12.0 Å². The van der Waals surface area contributed by atoms with Gasteiger partial charge in [-0.2, -0.15) is 0 Å². The summed E-state index contributed by atoms with van der Waals surface area (Å²) >= 11 is 1.22. The van der Waals surface area contributed by atoms with Gasteiger partial charge in [-0.25, -0.2) is 4.98 Å². The van der Waals surface area contributed by atoms with Gasteiger partial charge in [0.05, 0.1) is 6.20 Å². The molecular formula is C26H23N3O3S. The molecule has 7 heteroatoms. The Morgan fingerprint density at radius 1 is 1.15 bits per heavy atom. The van der Waals surface area contributed by atoms with Gasteiger partial charge in [0.2, 0.25) is 0 Å². The van der Waals surface area contributed by atoms with Crippen LogP contribution in [0.3, 0.4) is 0 Å². The lowest BCUT2D eigenvalue weighted by Gasteiger charge is -2.26. The standard InChI is InChI=1S/C26H23N3O3S/c1-17-13-18(11-12-27-17)15-28-25(30)24-16-29-26(33-24)31-21-8-10-23-20(14-21)7-9-22(32-23)19-5-3-2-4-6-19/h2-6,8,10-14,16,22H,7,9,15H2,1H3,(H,28,30)/t22-/m0/s1. The summed E-state index contributed by atoms with van der Waals surface area (Å²) in [6, 6.07) is 19.9. The van der Waals surface area contributed by atoms with E-state index in [1.807, 2.05) is 55.5 Å². The highest BCUT2D eigenvalue weighted by Crippen LogP contribution is 2.38. The number of benzene rings is 2. The van der Waals surface area contributed by atoms with E-state index in [2.05, 4.69) is 27.4 Å². The van der Waals surface area contributed by atoms with Crippen molar-refractivity contribution in [2.75, 3.05) is 0 Å². The van der Waals surface area contributed by atoms with E-state index in [4.69, 9.17) is 9.47 Å². The van der Waals surface area contributed by atoms with Crippen molar-refractivity contribution < 1.29 is 14.3 Å². The summed E-state index contributed by atoms with van der Waals surface area (Å²) in [5.41, 5.74) is 4.22. The Hall–Kier alpha value is -3.71. The minimum absolute atomic E-state index is 0.0709. The SMILES string of the molecule is Cc1cc(CNC(=O)c2cnc(Oc3ccc4c(c3)CC[C@@H](c3ccccc3)O4)s2)ccn1. The molecule has 2 aromatic heterocycles. The molecule has 0 fully saturated rings. The molecule has 5 rings (SSSR count). The van der Waals surface area contributed by atoms with Crippen molar-refractivity contribution in [1.82, 2.24) is 15.3 Å². The van der Waals surface area contributed by atoms with E-state index < -0.39 is 0 Å². The molecule has 4 aromatic rings. The molecule has 1 amide bonds. The maximum atomic E-state index is 12.5. The van der Waals surface area contributed by atoms with Crippen LogP contribution in [-0.4, -0.2) is 15.9 Å². The molecule has 2 aromatic carbocycles. The number of aryl methyl sites for hydroxylation is 2. The molecule has 0 spiro atoms. The van der Waals surface area contributed by atoms with E-state index >= 15 is 0 Å². The second-order valence-corrected chi connectivity index (χ2v) is 8.90. The quantitative estimate of drug-likeness (QED) is 0.406. The molecule has 1 N–H and O–H groups in total. The number of amides is 1. The van der Waals surface area contributed by atoms with Crippen LogP contribution in [0.15, 0.2) is 73.1 Å². The second kappa shape index (κ2) is 9.42. The molecule has 166 valence electrons. The van der Waals surface area contributed by atoms with Gasteiger partial charge in [0, 0.05) is 18.4 Å². The van der Waals surface area contributed by atoms with Gasteiger partial charge in [0.25, 0.3) is 11.1 Å². The van der Waals surface area contributed by atoms with Gasteiger partial charge < -0.3 is 14.8 Å². The zero-order valence-corrected chi connectivity index (χ0v) is 19.0. The van der Waals surface area contributed by atoms with Crippen LogP contribution < -0.4 is 14.8 Å². The Morgan fingerprint density at radius 3 is 2.88 bits per heavy atom. The Bertz CT molecular complexity index is 1270. The fourth-order valence-electron chi connectivity index (χ4n) is 3.83. The predicted octanol–water partition coefficient (Wildman–Crippen LogP) is 5.64. The first-order chi connectivity index (χ1) is 16.1. The first kappa shape index (κ1) is 21.2. The Kier molecular flexibility index (Phi) is 6.04. The summed E-state index contributed by atoms with van der Waals surface area (Å²) in [7, 11) is 0. The maximum Gasteiger partial charge on any atom is 0.279 e. The third-order valence-corrected chi connectivity index (χ3v) is 6.35. The van der Waals surface area contributed by atoms with Gasteiger partial charge in [0.15, 0.2) is 0 Å². The fourth-order valence-corrected chi connectivity index (χ4v) is 4.53. The van der Waals surface area contributed by atoms with E-state index in [1.54, 1.807) is 12.4 Å². The Labute approximate surface area is 196 Å². The summed E-state index contributed by atoms with van der Waals surface area (Å²) in [6.07, 6.45) is 5.17. The molecule has 0 radical (unpaired) electrons. The van der Waals surface area contributed by atoms with Crippen molar-refractivity contribution in [1.29, 1.82) is 0 Å². The number of carbonyl (C=O) groups excluding carboxylic acids is 1. The van der Waals surface area contributed by atoms with Gasteiger partial charge in [-0.1, -0.05) is 41.7 Å². The monoisotopic (exact) mass is 457 g/mol. The molecule has 33 heavy (non-hydrogen) atoms. The lowest BCUT2D eigenvalue weighted by Crippen LogP contribution is -2.21. The normalized spacial score (nSPS) is 14.8. The number of aromatic nitrogens is 2. The van der Waals surface area contributed by atoms with Crippen LogP contribution >= 0.6 is 11.3 Å². The van der Waals surface area contributed by atoms with Crippen LogP contribution in [0.5, 0.6) is 16.7 Å². The lowest BCUT2D eigenvalue weighted by atomic mass is 9.97. The number of ether oxygens (including phenoxy) is 2. The summed E-state index contributed by atoms with van der Waals surface area (Å²) in [5.74, 6) is 1.39. The average molecular weight is 458 g/mol. The topological polar surface area (TPSA) is 73.3 Å². The molecule has 1 aliphatic rings. The largest absolute Gasteiger partial charge is 0.485 e. The van der Waals surface area contributed by atoms with E-state index in [0.717, 1.165) is 35.4 Å². The molecular weight excluding hydrogens is 434 g/mol. The molecule has 0 saturated carbocycles. The molecule has 3 heterocycles. The van der Waals surface area contributed by atoms with Gasteiger partial charge >= 0.3 is 0 Å². The highest BCUT2D eigenvalue weighted by atomic mass is 32.1.